The van der Waals surface area contributed by atoms with Crippen molar-refractivity contribution in [1.82, 2.24) is 20.4 Å². The van der Waals surface area contributed by atoms with Crippen molar-refractivity contribution < 1.29 is 14.3 Å². The zero-order valence-corrected chi connectivity index (χ0v) is 14.3. The second kappa shape index (κ2) is 8.09. The third-order valence-corrected chi connectivity index (χ3v) is 4.17. The Kier molecular flexibility index (Phi) is 6.14. The number of hydrogen-bond donors (Lipinski definition) is 2. The second-order valence-electron chi connectivity index (χ2n) is 4.39. The summed E-state index contributed by atoms with van der Waals surface area (Å²) in [4.78, 5) is 23.5. The Morgan fingerprint density at radius 2 is 2.09 bits per heavy atom. The highest BCUT2D eigenvalue weighted by molar-refractivity contribution is 7.07. The Morgan fingerprint density at radius 1 is 1.30 bits per heavy atom. The van der Waals surface area contributed by atoms with Crippen molar-refractivity contribution in [2.45, 2.75) is 13.3 Å². The maximum absolute atomic E-state index is 11.7. The number of aromatic nitrogens is 2. The lowest BCUT2D eigenvalue weighted by Crippen LogP contribution is -2.42. The number of carbonyl (C=O) groups is 2. The van der Waals surface area contributed by atoms with Gasteiger partial charge in [-0.15, -0.1) is 5.10 Å². The van der Waals surface area contributed by atoms with Gasteiger partial charge in [-0.1, -0.05) is 33.8 Å². The van der Waals surface area contributed by atoms with Gasteiger partial charge >= 0.3 is 6.09 Å². The normalized spacial score (nSPS) is 10.2. The van der Waals surface area contributed by atoms with Gasteiger partial charge in [0.1, 0.15) is 4.88 Å². The monoisotopic (exact) mass is 374 g/mol. The average Bonchev–Trinajstić information content (AvgIpc) is 2.93. The molecule has 0 spiro atoms. The predicted octanol–water partition coefficient (Wildman–Crippen LogP) is 2.77. The Bertz CT molecular complexity index is 723. The fourth-order valence-electron chi connectivity index (χ4n) is 1.62. The molecular weight excluding hydrogens is 363 g/mol. The molecule has 0 fully saturated rings. The summed E-state index contributed by atoms with van der Waals surface area (Å²) in [5, 5.41) is 4.74. The minimum atomic E-state index is -0.779. The van der Waals surface area contributed by atoms with E-state index in [-0.39, 0.29) is 6.61 Å². The first-order valence-corrected chi connectivity index (χ1v) is 7.96. The summed E-state index contributed by atoms with van der Waals surface area (Å²) in [5.74, 6) is -0.504. The smallest absolute Gasteiger partial charge is 0.426 e. The molecule has 0 radical (unpaired) electrons. The molecule has 0 saturated heterocycles. The summed E-state index contributed by atoms with van der Waals surface area (Å²) in [6.07, 6.45) is -0.353. The number of nitrogens with one attached hydrogen (secondary N) is 2. The van der Waals surface area contributed by atoms with Gasteiger partial charge in [0.2, 0.25) is 0 Å². The van der Waals surface area contributed by atoms with Crippen LogP contribution in [0.4, 0.5) is 4.79 Å². The van der Waals surface area contributed by atoms with Gasteiger partial charge in [0.25, 0.3) is 5.91 Å². The minimum absolute atomic E-state index is 0.101. The van der Waals surface area contributed by atoms with Gasteiger partial charge in [0.15, 0.2) is 0 Å². The van der Waals surface area contributed by atoms with E-state index in [4.69, 9.17) is 27.9 Å². The summed E-state index contributed by atoms with van der Waals surface area (Å²) < 4.78 is 8.58. The highest BCUT2D eigenvalue weighted by atomic mass is 35.5. The standard InChI is InChI=1S/C13H12Cl2N4O3S/c1-7-11(23-19-16-7)12(20)17-18-13(21)22-5-4-8-2-3-9(14)6-10(8)15/h2-3,6H,4-5H2,1H3,(H,17,20)(H,18,21). The van der Waals surface area contributed by atoms with Crippen LogP contribution in [-0.4, -0.2) is 28.2 Å². The number of halogens is 2. The van der Waals surface area contributed by atoms with Crippen LogP contribution in [0.1, 0.15) is 20.9 Å². The summed E-state index contributed by atoms with van der Waals surface area (Å²) in [6.45, 7) is 1.75. The number of benzene rings is 1. The van der Waals surface area contributed by atoms with Crippen molar-refractivity contribution in [2.75, 3.05) is 6.61 Å². The molecule has 2 N–H and O–H groups in total. The number of carbonyl (C=O) groups excluding carboxylic acids is 2. The van der Waals surface area contributed by atoms with Gasteiger partial charge in [-0.2, -0.15) is 0 Å². The molecule has 0 saturated carbocycles. The van der Waals surface area contributed by atoms with Crippen molar-refractivity contribution in [3.63, 3.8) is 0 Å². The van der Waals surface area contributed by atoms with Crippen molar-refractivity contribution >= 4 is 46.7 Å². The third kappa shape index (κ3) is 5.05. The second-order valence-corrected chi connectivity index (χ2v) is 5.99. The molecule has 0 atom stereocenters. The zero-order chi connectivity index (χ0) is 16.8. The minimum Gasteiger partial charge on any atom is -0.448 e. The number of hydrogen-bond acceptors (Lipinski definition) is 6. The highest BCUT2D eigenvalue weighted by Gasteiger charge is 2.14. The molecule has 0 unspecified atom stereocenters. The van der Waals surface area contributed by atoms with E-state index in [1.807, 2.05) is 0 Å². The molecular formula is C13H12Cl2N4O3S. The third-order valence-electron chi connectivity index (χ3n) is 2.76. The first-order valence-electron chi connectivity index (χ1n) is 6.43. The lowest BCUT2D eigenvalue weighted by Gasteiger charge is -2.08. The van der Waals surface area contributed by atoms with Gasteiger partial charge in [-0.25, -0.2) is 10.2 Å². The van der Waals surface area contributed by atoms with E-state index in [9.17, 15) is 9.59 Å². The number of amides is 2. The molecule has 0 aliphatic heterocycles. The van der Waals surface area contributed by atoms with Gasteiger partial charge in [-0.05, 0) is 36.2 Å². The maximum atomic E-state index is 11.7. The van der Waals surface area contributed by atoms with Crippen molar-refractivity contribution in [3.8, 4) is 0 Å². The Balaban J connectivity index is 1.73. The van der Waals surface area contributed by atoms with E-state index in [2.05, 4.69) is 20.4 Å². The topological polar surface area (TPSA) is 93.2 Å². The summed E-state index contributed by atoms with van der Waals surface area (Å²) in [6, 6.07) is 5.08. The van der Waals surface area contributed by atoms with Crippen LogP contribution in [0.5, 0.6) is 0 Å². The van der Waals surface area contributed by atoms with Gasteiger partial charge < -0.3 is 4.74 Å². The summed E-state index contributed by atoms with van der Waals surface area (Å²) >= 11 is 12.7. The molecule has 0 aliphatic carbocycles. The van der Waals surface area contributed by atoms with Crippen LogP contribution >= 0.6 is 34.7 Å². The predicted molar refractivity (Wildman–Crippen MR) is 86.8 cm³/mol. The fourth-order valence-corrected chi connectivity index (χ4v) is 2.67. The Morgan fingerprint density at radius 3 is 2.74 bits per heavy atom. The molecule has 122 valence electrons. The number of nitrogens with zero attached hydrogens (tertiary/aromatic N) is 2. The first kappa shape index (κ1) is 17.5. The molecule has 2 rings (SSSR count). The number of hydrazine groups is 1. The molecule has 7 nitrogen and oxygen atoms in total. The lowest BCUT2D eigenvalue weighted by atomic mass is 10.2. The molecule has 2 aromatic rings. The van der Waals surface area contributed by atoms with Crippen LogP contribution in [0.3, 0.4) is 0 Å². The number of rotatable bonds is 4. The van der Waals surface area contributed by atoms with Crippen LogP contribution in [0.25, 0.3) is 0 Å². The summed E-state index contributed by atoms with van der Waals surface area (Å²) in [5.41, 5.74) is 5.65. The lowest BCUT2D eigenvalue weighted by molar-refractivity contribution is 0.0913. The summed E-state index contributed by atoms with van der Waals surface area (Å²) in [7, 11) is 0. The number of ether oxygens (including phenoxy) is 1. The van der Waals surface area contributed by atoms with Crippen molar-refractivity contribution in [1.29, 1.82) is 0 Å². The van der Waals surface area contributed by atoms with Crippen LogP contribution in [0.2, 0.25) is 10.0 Å². The van der Waals surface area contributed by atoms with E-state index < -0.39 is 12.0 Å². The van der Waals surface area contributed by atoms with E-state index in [0.29, 0.717) is 27.0 Å². The van der Waals surface area contributed by atoms with E-state index in [1.54, 1.807) is 25.1 Å². The average molecular weight is 375 g/mol. The Labute approximate surface area is 146 Å². The largest absolute Gasteiger partial charge is 0.448 e. The molecule has 10 heteroatoms. The molecule has 0 bridgehead atoms. The quantitative estimate of drug-likeness (QED) is 0.802. The van der Waals surface area contributed by atoms with Crippen LogP contribution in [0, 0.1) is 6.92 Å². The van der Waals surface area contributed by atoms with Gasteiger partial charge in [0.05, 0.1) is 12.3 Å². The fraction of sp³-hybridized carbons (Fsp3) is 0.231. The van der Waals surface area contributed by atoms with Gasteiger partial charge in [0, 0.05) is 16.5 Å². The zero-order valence-electron chi connectivity index (χ0n) is 11.9. The molecule has 1 heterocycles. The van der Waals surface area contributed by atoms with Crippen molar-refractivity contribution in [2.24, 2.45) is 0 Å². The van der Waals surface area contributed by atoms with Gasteiger partial charge in [-0.3, -0.25) is 10.2 Å². The van der Waals surface area contributed by atoms with Crippen LogP contribution in [-0.2, 0) is 11.2 Å². The van der Waals surface area contributed by atoms with E-state index >= 15 is 0 Å². The van der Waals surface area contributed by atoms with Crippen LogP contribution in [0.15, 0.2) is 18.2 Å². The highest BCUT2D eigenvalue weighted by Crippen LogP contribution is 2.21. The van der Waals surface area contributed by atoms with E-state index in [0.717, 1.165) is 17.1 Å². The Hall–Kier alpha value is -1.90. The molecule has 0 aliphatic rings. The molecule has 2 amide bonds. The molecule has 23 heavy (non-hydrogen) atoms. The number of aryl methyl sites for hydroxylation is 1. The molecule has 1 aromatic carbocycles. The maximum Gasteiger partial charge on any atom is 0.426 e. The SMILES string of the molecule is Cc1nnsc1C(=O)NNC(=O)OCCc1ccc(Cl)cc1Cl. The first-order chi connectivity index (χ1) is 11.0. The van der Waals surface area contributed by atoms with E-state index in [1.165, 1.54) is 0 Å². The van der Waals surface area contributed by atoms with Crippen molar-refractivity contribution in [3.05, 3.63) is 44.4 Å². The van der Waals surface area contributed by atoms with Crippen LogP contribution < -0.4 is 10.9 Å². The molecule has 1 aromatic heterocycles.